The Morgan fingerprint density at radius 3 is 2.46 bits per heavy atom. The molecular formula is C11H19ClO. The van der Waals surface area contributed by atoms with E-state index >= 15 is 0 Å². The quantitative estimate of drug-likeness (QED) is 0.635. The van der Waals surface area contributed by atoms with Crippen LogP contribution in [0.3, 0.4) is 0 Å². The Morgan fingerprint density at radius 2 is 2.00 bits per heavy atom. The summed E-state index contributed by atoms with van der Waals surface area (Å²) in [7, 11) is 0. The van der Waals surface area contributed by atoms with Crippen molar-refractivity contribution in [3.05, 3.63) is 0 Å². The fraction of sp³-hybridized carbons (Fsp3) is 0.909. The molecular weight excluding hydrogens is 184 g/mol. The topological polar surface area (TPSA) is 17.1 Å². The van der Waals surface area contributed by atoms with Gasteiger partial charge in [-0.2, -0.15) is 0 Å². The normalized spacial score (nSPS) is 21.4. The van der Waals surface area contributed by atoms with Gasteiger partial charge in [-0.3, -0.25) is 4.79 Å². The highest BCUT2D eigenvalue weighted by molar-refractivity contribution is 6.63. The predicted molar refractivity (Wildman–Crippen MR) is 55.8 cm³/mol. The minimum atomic E-state index is -0.131. The molecule has 2 heteroatoms. The van der Waals surface area contributed by atoms with Gasteiger partial charge in [-0.1, -0.05) is 39.0 Å². The van der Waals surface area contributed by atoms with E-state index in [0.29, 0.717) is 0 Å². The van der Waals surface area contributed by atoms with Crippen molar-refractivity contribution < 1.29 is 4.79 Å². The van der Waals surface area contributed by atoms with E-state index in [1.54, 1.807) is 0 Å². The molecule has 13 heavy (non-hydrogen) atoms. The van der Waals surface area contributed by atoms with Gasteiger partial charge in [0.2, 0.25) is 5.24 Å². The van der Waals surface area contributed by atoms with Gasteiger partial charge in [-0.15, -0.1) is 0 Å². The lowest BCUT2D eigenvalue weighted by Crippen LogP contribution is -2.15. The van der Waals surface area contributed by atoms with E-state index in [0.717, 1.165) is 18.8 Å². The lowest BCUT2D eigenvalue weighted by molar-refractivity contribution is -0.115. The van der Waals surface area contributed by atoms with Gasteiger partial charge < -0.3 is 0 Å². The van der Waals surface area contributed by atoms with Gasteiger partial charge in [0, 0.05) is 5.92 Å². The maximum atomic E-state index is 11.0. The number of rotatable bonds is 4. The highest BCUT2D eigenvalue weighted by Gasteiger charge is 2.21. The monoisotopic (exact) mass is 202 g/mol. The van der Waals surface area contributed by atoms with Crippen LogP contribution in [-0.2, 0) is 4.79 Å². The fourth-order valence-electron chi connectivity index (χ4n) is 2.25. The van der Waals surface area contributed by atoms with Crippen LogP contribution in [0.5, 0.6) is 0 Å². The van der Waals surface area contributed by atoms with E-state index in [2.05, 4.69) is 0 Å². The molecule has 1 aliphatic rings. The predicted octanol–water partition coefficient (Wildman–Crippen LogP) is 3.75. The van der Waals surface area contributed by atoms with E-state index in [9.17, 15) is 4.79 Å². The first-order chi connectivity index (χ1) is 6.24. The summed E-state index contributed by atoms with van der Waals surface area (Å²) in [6.45, 7) is 2.05. The third-order valence-electron chi connectivity index (χ3n) is 3.16. The van der Waals surface area contributed by atoms with Gasteiger partial charge in [-0.25, -0.2) is 0 Å². The van der Waals surface area contributed by atoms with Crippen molar-refractivity contribution >= 4 is 16.8 Å². The second-order valence-corrected chi connectivity index (χ2v) is 4.52. The molecule has 1 saturated carbocycles. The molecule has 0 radical (unpaired) electrons. The van der Waals surface area contributed by atoms with Crippen LogP contribution < -0.4 is 0 Å². The summed E-state index contributed by atoms with van der Waals surface area (Å²) in [4.78, 5) is 11.0. The summed E-state index contributed by atoms with van der Waals surface area (Å²) in [5.41, 5.74) is 0. The molecule has 1 nitrogen and oxygen atoms in total. The summed E-state index contributed by atoms with van der Waals surface area (Å²) in [6.07, 6.45) is 8.61. The Labute approximate surface area is 85.8 Å². The van der Waals surface area contributed by atoms with E-state index in [4.69, 9.17) is 11.6 Å². The van der Waals surface area contributed by atoms with Crippen molar-refractivity contribution in [3.8, 4) is 0 Å². The summed E-state index contributed by atoms with van der Waals surface area (Å²) >= 11 is 5.52. The van der Waals surface area contributed by atoms with Gasteiger partial charge in [0.25, 0.3) is 0 Å². The molecule has 1 aliphatic carbocycles. The van der Waals surface area contributed by atoms with Crippen molar-refractivity contribution in [2.45, 2.75) is 51.9 Å². The van der Waals surface area contributed by atoms with Crippen molar-refractivity contribution in [1.82, 2.24) is 0 Å². The lowest BCUT2D eigenvalue weighted by atomic mass is 9.82. The Hall–Kier alpha value is -0.0400. The molecule has 0 heterocycles. The molecule has 0 amide bonds. The van der Waals surface area contributed by atoms with Crippen LogP contribution in [0.1, 0.15) is 51.9 Å². The van der Waals surface area contributed by atoms with Crippen LogP contribution in [0.4, 0.5) is 0 Å². The smallest absolute Gasteiger partial charge is 0.224 e. The number of carbonyl (C=O) groups excluding carboxylic acids is 1. The molecule has 0 saturated heterocycles. The molecule has 1 rings (SSSR count). The van der Waals surface area contributed by atoms with Crippen LogP contribution in [0.25, 0.3) is 0 Å². The van der Waals surface area contributed by atoms with E-state index in [-0.39, 0.29) is 11.2 Å². The lowest BCUT2D eigenvalue weighted by Gasteiger charge is -2.24. The maximum absolute atomic E-state index is 11.0. The zero-order valence-corrected chi connectivity index (χ0v) is 9.15. The van der Waals surface area contributed by atoms with Gasteiger partial charge >= 0.3 is 0 Å². The number of hydrogen-bond acceptors (Lipinski definition) is 1. The maximum Gasteiger partial charge on any atom is 0.224 e. The minimum absolute atomic E-state index is 0.116. The average Bonchev–Trinajstić information content (AvgIpc) is 2.15. The number of halogens is 1. The number of hydrogen-bond donors (Lipinski definition) is 0. The van der Waals surface area contributed by atoms with Crippen molar-refractivity contribution in [3.63, 3.8) is 0 Å². The third kappa shape index (κ3) is 3.68. The summed E-state index contributed by atoms with van der Waals surface area (Å²) < 4.78 is 0. The van der Waals surface area contributed by atoms with E-state index in [1.807, 2.05) is 6.92 Å². The van der Waals surface area contributed by atoms with Crippen LogP contribution >= 0.6 is 11.6 Å². The molecule has 0 aromatic rings. The molecule has 0 bridgehead atoms. The zero-order valence-electron chi connectivity index (χ0n) is 8.39. The van der Waals surface area contributed by atoms with Crippen LogP contribution in [0.15, 0.2) is 0 Å². The van der Waals surface area contributed by atoms with Crippen LogP contribution in [-0.4, -0.2) is 5.24 Å². The number of carbonyl (C=O) groups is 1. The largest absolute Gasteiger partial charge is 0.281 e. The van der Waals surface area contributed by atoms with Gasteiger partial charge in [-0.05, 0) is 30.4 Å². The SMILES string of the molecule is CC[C@H](CC1CCCCC1)C(=O)Cl. The Morgan fingerprint density at radius 1 is 1.38 bits per heavy atom. The molecule has 0 aromatic heterocycles. The average molecular weight is 203 g/mol. The fourth-order valence-corrected chi connectivity index (χ4v) is 2.49. The molecule has 0 N–H and O–H groups in total. The van der Waals surface area contributed by atoms with E-state index < -0.39 is 0 Å². The van der Waals surface area contributed by atoms with Crippen molar-refractivity contribution in [2.75, 3.05) is 0 Å². The molecule has 0 spiro atoms. The zero-order chi connectivity index (χ0) is 9.68. The second kappa shape index (κ2) is 5.64. The van der Waals surface area contributed by atoms with Gasteiger partial charge in [0.1, 0.15) is 0 Å². The van der Waals surface area contributed by atoms with Gasteiger partial charge in [0.15, 0.2) is 0 Å². The second-order valence-electron chi connectivity index (χ2n) is 4.15. The molecule has 0 aliphatic heterocycles. The first kappa shape index (κ1) is 11.0. The molecule has 1 atom stereocenters. The van der Waals surface area contributed by atoms with Gasteiger partial charge in [0.05, 0.1) is 0 Å². The third-order valence-corrected chi connectivity index (χ3v) is 3.46. The highest BCUT2D eigenvalue weighted by Crippen LogP contribution is 2.30. The van der Waals surface area contributed by atoms with E-state index in [1.165, 1.54) is 32.1 Å². The van der Waals surface area contributed by atoms with Crippen LogP contribution in [0, 0.1) is 11.8 Å². The highest BCUT2D eigenvalue weighted by atomic mass is 35.5. The van der Waals surface area contributed by atoms with Crippen molar-refractivity contribution in [2.24, 2.45) is 11.8 Å². The van der Waals surface area contributed by atoms with Crippen LogP contribution in [0.2, 0.25) is 0 Å². The molecule has 0 unspecified atom stereocenters. The standard InChI is InChI=1S/C11H19ClO/c1-2-10(11(12)13)8-9-6-4-3-5-7-9/h9-10H,2-8H2,1H3/t10-/m1/s1. The molecule has 1 fully saturated rings. The molecule has 0 aromatic carbocycles. The summed E-state index contributed by atoms with van der Waals surface area (Å²) in [5.74, 6) is 0.881. The first-order valence-electron chi connectivity index (χ1n) is 5.43. The van der Waals surface area contributed by atoms with Crippen molar-refractivity contribution in [1.29, 1.82) is 0 Å². The Kier molecular flexibility index (Phi) is 4.79. The summed E-state index contributed by atoms with van der Waals surface area (Å²) in [6, 6.07) is 0. The first-order valence-corrected chi connectivity index (χ1v) is 5.81. The Bertz CT molecular complexity index is 161. The molecule has 76 valence electrons. The summed E-state index contributed by atoms with van der Waals surface area (Å²) in [5, 5.41) is -0.131. The minimum Gasteiger partial charge on any atom is -0.281 e. The Balaban J connectivity index is 2.31.